The molecule has 2 nitrogen and oxygen atoms in total. The highest BCUT2D eigenvalue weighted by Crippen LogP contribution is 2.35. The Morgan fingerprint density at radius 1 is 1.40 bits per heavy atom. The highest BCUT2D eigenvalue weighted by molar-refractivity contribution is 6.31. The van der Waals surface area contributed by atoms with Crippen molar-refractivity contribution < 1.29 is 18.4 Å². The molecule has 0 aliphatic rings. The molecule has 84 valence electrons. The lowest BCUT2D eigenvalue weighted by atomic mass is 10.1. The summed E-state index contributed by atoms with van der Waals surface area (Å²) in [6.07, 6.45) is -4.46. The van der Waals surface area contributed by atoms with Gasteiger partial charge >= 0.3 is 6.18 Å². The molecule has 0 aromatic heterocycles. The van der Waals surface area contributed by atoms with Crippen molar-refractivity contribution in [1.82, 2.24) is 5.06 Å². The van der Waals surface area contributed by atoms with Crippen LogP contribution in [-0.4, -0.2) is 17.3 Å². The topological polar surface area (TPSA) is 23.5 Å². The van der Waals surface area contributed by atoms with Gasteiger partial charge in [-0.25, -0.2) is 0 Å². The van der Waals surface area contributed by atoms with Crippen LogP contribution in [0.3, 0.4) is 0 Å². The Balaban J connectivity index is 3.21. The molecule has 1 N–H and O–H groups in total. The molecular formula is C9H9ClF3NO. The number of benzene rings is 1. The summed E-state index contributed by atoms with van der Waals surface area (Å²) in [6.45, 7) is -0.269. The number of alkyl halides is 3. The Bertz CT molecular complexity index is 352. The first kappa shape index (κ1) is 12.3. The average molecular weight is 240 g/mol. The fourth-order valence-electron chi connectivity index (χ4n) is 1.21. The molecule has 0 fully saturated rings. The molecule has 0 heterocycles. The number of hydroxylamine groups is 2. The summed E-state index contributed by atoms with van der Waals surface area (Å²) in [7, 11) is 1.25. The zero-order valence-electron chi connectivity index (χ0n) is 7.85. The van der Waals surface area contributed by atoms with E-state index in [0.29, 0.717) is 5.06 Å². The summed E-state index contributed by atoms with van der Waals surface area (Å²) in [5.41, 5.74) is -0.951. The number of nitrogens with zero attached hydrogens (tertiary/aromatic N) is 1. The molecule has 0 radical (unpaired) electrons. The summed E-state index contributed by atoms with van der Waals surface area (Å²) in [6, 6.07) is 3.52. The standard InChI is InChI=1S/C9H9ClF3NO/c1-14(15)5-6-7(9(11,12)13)3-2-4-8(6)10/h2-4,15H,5H2,1H3. The van der Waals surface area contributed by atoms with Crippen molar-refractivity contribution >= 4 is 11.6 Å². The number of rotatable bonds is 2. The van der Waals surface area contributed by atoms with Crippen LogP contribution in [0.1, 0.15) is 11.1 Å². The molecule has 0 atom stereocenters. The van der Waals surface area contributed by atoms with Gasteiger partial charge in [0, 0.05) is 12.1 Å². The van der Waals surface area contributed by atoms with E-state index in [2.05, 4.69) is 0 Å². The van der Waals surface area contributed by atoms with E-state index in [1.165, 1.54) is 19.2 Å². The third-order valence-electron chi connectivity index (χ3n) is 1.81. The van der Waals surface area contributed by atoms with Crippen molar-refractivity contribution in [2.75, 3.05) is 7.05 Å². The van der Waals surface area contributed by atoms with Crippen molar-refractivity contribution in [3.8, 4) is 0 Å². The van der Waals surface area contributed by atoms with Crippen molar-refractivity contribution in [3.63, 3.8) is 0 Å². The molecular weight excluding hydrogens is 231 g/mol. The lowest BCUT2D eigenvalue weighted by Gasteiger charge is -2.16. The Morgan fingerprint density at radius 2 is 2.00 bits per heavy atom. The van der Waals surface area contributed by atoms with E-state index in [4.69, 9.17) is 16.8 Å². The molecule has 0 aliphatic heterocycles. The van der Waals surface area contributed by atoms with E-state index in [1.54, 1.807) is 0 Å². The minimum absolute atomic E-state index is 0.00859. The summed E-state index contributed by atoms with van der Waals surface area (Å²) < 4.78 is 37.6. The summed E-state index contributed by atoms with van der Waals surface area (Å²) >= 11 is 5.64. The molecule has 1 aromatic rings. The first-order valence-electron chi connectivity index (χ1n) is 4.07. The van der Waals surface area contributed by atoms with Crippen LogP contribution in [0, 0.1) is 0 Å². The number of hydrogen-bond acceptors (Lipinski definition) is 2. The number of halogens is 4. The van der Waals surface area contributed by atoms with Gasteiger partial charge in [-0.15, -0.1) is 0 Å². The van der Waals surface area contributed by atoms with Gasteiger partial charge in [0.15, 0.2) is 0 Å². The van der Waals surface area contributed by atoms with Crippen LogP contribution in [0.4, 0.5) is 13.2 Å². The molecule has 0 spiro atoms. The Labute approximate surface area is 89.8 Å². The van der Waals surface area contributed by atoms with Crippen molar-refractivity contribution in [1.29, 1.82) is 0 Å². The predicted molar refractivity (Wildman–Crippen MR) is 49.7 cm³/mol. The van der Waals surface area contributed by atoms with E-state index in [-0.39, 0.29) is 17.1 Å². The largest absolute Gasteiger partial charge is 0.416 e. The molecule has 0 aliphatic carbocycles. The first-order chi connectivity index (χ1) is 6.82. The van der Waals surface area contributed by atoms with Crippen LogP contribution < -0.4 is 0 Å². The molecule has 0 unspecified atom stereocenters. The minimum Gasteiger partial charge on any atom is -0.314 e. The summed E-state index contributed by atoms with van der Waals surface area (Å²) in [4.78, 5) is 0. The van der Waals surface area contributed by atoms with Gasteiger partial charge in [-0.1, -0.05) is 17.7 Å². The maximum Gasteiger partial charge on any atom is 0.416 e. The molecule has 6 heteroatoms. The number of hydrogen-bond donors (Lipinski definition) is 1. The van der Waals surface area contributed by atoms with Crippen molar-refractivity contribution in [2.45, 2.75) is 12.7 Å². The van der Waals surface area contributed by atoms with Crippen LogP contribution in [0.25, 0.3) is 0 Å². The van der Waals surface area contributed by atoms with Crippen molar-refractivity contribution in [2.24, 2.45) is 0 Å². The van der Waals surface area contributed by atoms with E-state index in [1.807, 2.05) is 0 Å². The van der Waals surface area contributed by atoms with Crippen LogP contribution in [0.15, 0.2) is 18.2 Å². The van der Waals surface area contributed by atoms with Gasteiger partial charge in [-0.3, -0.25) is 0 Å². The van der Waals surface area contributed by atoms with Crippen LogP contribution in [0.2, 0.25) is 5.02 Å². The second kappa shape index (κ2) is 4.38. The van der Waals surface area contributed by atoms with Gasteiger partial charge < -0.3 is 5.21 Å². The van der Waals surface area contributed by atoms with Gasteiger partial charge in [0.05, 0.1) is 12.1 Å². The van der Waals surface area contributed by atoms with Gasteiger partial charge in [0.1, 0.15) is 0 Å². The predicted octanol–water partition coefficient (Wildman–Crippen LogP) is 3.18. The zero-order valence-corrected chi connectivity index (χ0v) is 8.60. The second-order valence-corrected chi connectivity index (χ2v) is 3.49. The molecule has 15 heavy (non-hydrogen) atoms. The van der Waals surface area contributed by atoms with E-state index >= 15 is 0 Å². The quantitative estimate of drug-likeness (QED) is 0.802. The van der Waals surface area contributed by atoms with Crippen molar-refractivity contribution in [3.05, 3.63) is 34.3 Å². The summed E-state index contributed by atoms with van der Waals surface area (Å²) in [5.74, 6) is 0. The van der Waals surface area contributed by atoms with Gasteiger partial charge in [0.25, 0.3) is 0 Å². The second-order valence-electron chi connectivity index (χ2n) is 3.08. The van der Waals surface area contributed by atoms with E-state index < -0.39 is 11.7 Å². The van der Waals surface area contributed by atoms with Gasteiger partial charge in [-0.05, 0) is 17.7 Å². The Kier molecular flexibility index (Phi) is 3.59. The van der Waals surface area contributed by atoms with E-state index in [9.17, 15) is 13.2 Å². The lowest BCUT2D eigenvalue weighted by Crippen LogP contribution is -2.17. The molecule has 0 amide bonds. The SMILES string of the molecule is CN(O)Cc1c(Cl)cccc1C(F)(F)F. The normalized spacial score (nSPS) is 12.2. The maximum absolute atomic E-state index is 12.5. The maximum atomic E-state index is 12.5. The smallest absolute Gasteiger partial charge is 0.314 e. The molecule has 1 aromatic carbocycles. The third-order valence-corrected chi connectivity index (χ3v) is 2.17. The van der Waals surface area contributed by atoms with E-state index in [0.717, 1.165) is 6.07 Å². The molecule has 0 bridgehead atoms. The van der Waals surface area contributed by atoms with Crippen LogP contribution >= 0.6 is 11.6 Å². The first-order valence-corrected chi connectivity index (χ1v) is 4.44. The van der Waals surface area contributed by atoms with Gasteiger partial charge in [-0.2, -0.15) is 18.2 Å². The highest BCUT2D eigenvalue weighted by atomic mass is 35.5. The summed E-state index contributed by atoms with van der Waals surface area (Å²) in [5, 5.41) is 9.57. The molecule has 1 rings (SSSR count). The fourth-order valence-corrected chi connectivity index (χ4v) is 1.45. The van der Waals surface area contributed by atoms with Gasteiger partial charge in [0.2, 0.25) is 0 Å². The monoisotopic (exact) mass is 239 g/mol. The lowest BCUT2D eigenvalue weighted by molar-refractivity contribution is -0.139. The van der Waals surface area contributed by atoms with Crippen LogP contribution in [-0.2, 0) is 12.7 Å². The third kappa shape index (κ3) is 3.09. The molecule has 0 saturated carbocycles. The fraction of sp³-hybridized carbons (Fsp3) is 0.333. The zero-order chi connectivity index (χ0) is 11.6. The van der Waals surface area contributed by atoms with Crippen LogP contribution in [0.5, 0.6) is 0 Å². The Morgan fingerprint density at radius 3 is 2.47 bits per heavy atom. The minimum atomic E-state index is -4.46. The molecule has 0 saturated heterocycles. The Hall–Kier alpha value is -0.780. The average Bonchev–Trinajstić information content (AvgIpc) is 2.05. The highest BCUT2D eigenvalue weighted by Gasteiger charge is 2.34.